The molecule has 0 aromatic rings. The van der Waals surface area contributed by atoms with Crippen LogP contribution in [0.25, 0.3) is 0 Å². The summed E-state index contributed by atoms with van der Waals surface area (Å²) in [5.74, 6) is 0.639. The molecule has 0 aliphatic carbocycles. The fourth-order valence-electron chi connectivity index (χ4n) is 1.34. The Hall–Kier alpha value is -0.120. The molecule has 0 unspecified atom stereocenters. The Morgan fingerprint density at radius 1 is 1.29 bits per heavy atom. The molecule has 0 aliphatic heterocycles. The van der Waals surface area contributed by atoms with Crippen LogP contribution in [-0.4, -0.2) is 31.0 Å². The molecule has 0 saturated heterocycles. The van der Waals surface area contributed by atoms with E-state index in [0.717, 1.165) is 13.0 Å². The quantitative estimate of drug-likeness (QED) is 0.597. The fourth-order valence-corrected chi connectivity index (χ4v) is 1.34. The van der Waals surface area contributed by atoms with Gasteiger partial charge in [0.15, 0.2) is 0 Å². The molecule has 0 aliphatic rings. The van der Waals surface area contributed by atoms with E-state index in [4.69, 9.17) is 15.6 Å². The van der Waals surface area contributed by atoms with E-state index in [9.17, 15) is 0 Å². The van der Waals surface area contributed by atoms with E-state index in [-0.39, 0.29) is 6.54 Å². The zero-order chi connectivity index (χ0) is 10.8. The van der Waals surface area contributed by atoms with Crippen molar-refractivity contribution in [3.05, 3.63) is 0 Å². The Balaban J connectivity index is 3.42. The van der Waals surface area contributed by atoms with E-state index in [0.29, 0.717) is 12.5 Å². The first-order valence-electron chi connectivity index (χ1n) is 5.70. The highest BCUT2D eigenvalue weighted by Crippen LogP contribution is 2.12. The van der Waals surface area contributed by atoms with Gasteiger partial charge in [-0.15, -0.1) is 0 Å². The first kappa shape index (κ1) is 13.9. The molecule has 0 fully saturated rings. The first-order valence-corrected chi connectivity index (χ1v) is 5.70. The number of aliphatic hydroxyl groups is 1. The molecule has 0 heterocycles. The van der Waals surface area contributed by atoms with Gasteiger partial charge in [0.2, 0.25) is 0 Å². The topological polar surface area (TPSA) is 55.5 Å². The maximum Gasteiger partial charge on any atom is 0.0895 e. The average molecular weight is 203 g/mol. The predicted octanol–water partition coefficient (Wildman–Crippen LogP) is 1.54. The van der Waals surface area contributed by atoms with Gasteiger partial charge in [-0.3, -0.25) is 0 Å². The summed E-state index contributed by atoms with van der Waals surface area (Å²) in [6.45, 7) is 5.80. The van der Waals surface area contributed by atoms with Gasteiger partial charge >= 0.3 is 0 Å². The molecule has 2 atom stereocenters. The molecular weight excluding hydrogens is 178 g/mol. The smallest absolute Gasteiger partial charge is 0.0895 e. The monoisotopic (exact) mass is 203 g/mol. The molecule has 0 amide bonds. The molecule has 0 aromatic carbocycles. The molecule has 3 heteroatoms. The van der Waals surface area contributed by atoms with Crippen molar-refractivity contribution in [1.29, 1.82) is 0 Å². The second kappa shape index (κ2) is 9.44. The first-order chi connectivity index (χ1) is 6.74. The van der Waals surface area contributed by atoms with Gasteiger partial charge in [0.1, 0.15) is 0 Å². The van der Waals surface area contributed by atoms with Crippen molar-refractivity contribution in [3.63, 3.8) is 0 Å². The van der Waals surface area contributed by atoms with Crippen molar-refractivity contribution in [2.45, 2.75) is 45.6 Å². The fraction of sp³-hybridized carbons (Fsp3) is 1.00. The maximum absolute atomic E-state index is 9.17. The number of rotatable bonds is 9. The summed E-state index contributed by atoms with van der Waals surface area (Å²) in [7, 11) is 0. The third kappa shape index (κ3) is 7.30. The highest BCUT2D eigenvalue weighted by molar-refractivity contribution is 4.58. The Kier molecular flexibility index (Phi) is 9.35. The van der Waals surface area contributed by atoms with Crippen molar-refractivity contribution in [2.24, 2.45) is 11.7 Å². The van der Waals surface area contributed by atoms with Crippen molar-refractivity contribution >= 4 is 0 Å². The van der Waals surface area contributed by atoms with Crippen LogP contribution < -0.4 is 5.73 Å². The number of nitrogens with two attached hydrogens (primary N) is 1. The highest BCUT2D eigenvalue weighted by Gasteiger charge is 2.07. The van der Waals surface area contributed by atoms with Crippen LogP contribution in [0.3, 0.4) is 0 Å². The average Bonchev–Trinajstić information content (AvgIpc) is 2.22. The SMILES string of the molecule is CCCC[C@@H](CC)COC[C@H](O)CN. The molecule has 14 heavy (non-hydrogen) atoms. The van der Waals surface area contributed by atoms with Gasteiger partial charge in [-0.25, -0.2) is 0 Å². The zero-order valence-electron chi connectivity index (χ0n) is 9.54. The lowest BCUT2D eigenvalue weighted by atomic mass is 10.0. The normalized spacial score (nSPS) is 15.4. The van der Waals surface area contributed by atoms with E-state index < -0.39 is 6.10 Å². The summed E-state index contributed by atoms with van der Waals surface area (Å²) in [4.78, 5) is 0. The van der Waals surface area contributed by atoms with E-state index in [1.807, 2.05) is 0 Å². The number of unbranched alkanes of at least 4 members (excludes halogenated alkanes) is 1. The lowest BCUT2D eigenvalue weighted by Crippen LogP contribution is -2.26. The molecule has 0 rings (SSSR count). The van der Waals surface area contributed by atoms with Gasteiger partial charge < -0.3 is 15.6 Å². The van der Waals surface area contributed by atoms with E-state index >= 15 is 0 Å². The lowest BCUT2D eigenvalue weighted by Gasteiger charge is -2.16. The van der Waals surface area contributed by atoms with Crippen molar-refractivity contribution < 1.29 is 9.84 Å². The van der Waals surface area contributed by atoms with Gasteiger partial charge in [-0.1, -0.05) is 33.1 Å². The highest BCUT2D eigenvalue weighted by atomic mass is 16.5. The molecule has 0 radical (unpaired) electrons. The molecule has 0 spiro atoms. The van der Waals surface area contributed by atoms with Gasteiger partial charge in [0.05, 0.1) is 12.7 Å². The van der Waals surface area contributed by atoms with Gasteiger partial charge in [0, 0.05) is 13.2 Å². The van der Waals surface area contributed by atoms with Crippen LogP contribution in [-0.2, 0) is 4.74 Å². The number of aliphatic hydroxyl groups excluding tert-OH is 1. The summed E-state index contributed by atoms with van der Waals surface area (Å²) in [5.41, 5.74) is 5.27. The van der Waals surface area contributed by atoms with Gasteiger partial charge in [-0.05, 0) is 12.3 Å². The summed E-state index contributed by atoms with van der Waals surface area (Å²) < 4.78 is 5.41. The molecule has 3 nitrogen and oxygen atoms in total. The molecule has 0 bridgehead atoms. The van der Waals surface area contributed by atoms with Crippen molar-refractivity contribution in [2.75, 3.05) is 19.8 Å². The molecule has 3 N–H and O–H groups in total. The lowest BCUT2D eigenvalue weighted by molar-refractivity contribution is 0.0228. The van der Waals surface area contributed by atoms with E-state index in [1.165, 1.54) is 19.3 Å². The summed E-state index contributed by atoms with van der Waals surface area (Å²) in [6, 6.07) is 0. The van der Waals surface area contributed by atoms with Crippen molar-refractivity contribution in [3.8, 4) is 0 Å². The molecule has 0 saturated carbocycles. The van der Waals surface area contributed by atoms with Crippen LogP contribution in [0.5, 0.6) is 0 Å². The maximum atomic E-state index is 9.17. The predicted molar refractivity (Wildman–Crippen MR) is 59.2 cm³/mol. The third-order valence-electron chi connectivity index (χ3n) is 2.48. The van der Waals surface area contributed by atoms with E-state index in [2.05, 4.69) is 13.8 Å². The van der Waals surface area contributed by atoms with Crippen LogP contribution in [0.15, 0.2) is 0 Å². The molecule has 86 valence electrons. The summed E-state index contributed by atoms with van der Waals surface area (Å²) in [6.07, 6.45) is 4.38. The van der Waals surface area contributed by atoms with Crippen LogP contribution in [0.2, 0.25) is 0 Å². The Morgan fingerprint density at radius 2 is 2.00 bits per heavy atom. The second-order valence-corrected chi connectivity index (χ2v) is 3.84. The van der Waals surface area contributed by atoms with Crippen LogP contribution in [0, 0.1) is 5.92 Å². The van der Waals surface area contributed by atoms with Crippen LogP contribution >= 0.6 is 0 Å². The van der Waals surface area contributed by atoms with Crippen molar-refractivity contribution in [1.82, 2.24) is 0 Å². The summed E-state index contributed by atoms with van der Waals surface area (Å²) in [5, 5.41) is 9.17. The second-order valence-electron chi connectivity index (χ2n) is 3.84. The van der Waals surface area contributed by atoms with Crippen LogP contribution in [0.1, 0.15) is 39.5 Å². The Morgan fingerprint density at radius 3 is 2.50 bits per heavy atom. The largest absolute Gasteiger partial charge is 0.389 e. The Bertz CT molecular complexity index is 120. The minimum atomic E-state index is -0.501. The molecule has 0 aromatic heterocycles. The van der Waals surface area contributed by atoms with E-state index in [1.54, 1.807) is 0 Å². The molecular formula is C11H25NO2. The van der Waals surface area contributed by atoms with Gasteiger partial charge in [-0.2, -0.15) is 0 Å². The number of hydrogen-bond acceptors (Lipinski definition) is 3. The minimum absolute atomic E-state index is 0.283. The zero-order valence-corrected chi connectivity index (χ0v) is 9.54. The number of ether oxygens (including phenoxy) is 1. The van der Waals surface area contributed by atoms with Gasteiger partial charge in [0.25, 0.3) is 0 Å². The standard InChI is InChI=1S/C11H25NO2/c1-3-5-6-10(4-2)8-14-9-11(13)7-12/h10-11,13H,3-9,12H2,1-2H3/t10-,11-/m1/s1. The minimum Gasteiger partial charge on any atom is -0.389 e. The number of hydrogen-bond donors (Lipinski definition) is 2. The van der Waals surface area contributed by atoms with Crippen LogP contribution in [0.4, 0.5) is 0 Å². The summed E-state index contributed by atoms with van der Waals surface area (Å²) >= 11 is 0. The third-order valence-corrected chi connectivity index (χ3v) is 2.48. The Labute approximate surface area is 87.6 Å².